The average molecular weight is 553 g/mol. The molecule has 2 amide bonds. The largest absolute Gasteiger partial charge is 0.460 e. The highest BCUT2D eigenvalue weighted by Gasteiger charge is 2.50. The van der Waals surface area contributed by atoms with E-state index in [4.69, 9.17) is 14.2 Å². The second-order valence-electron chi connectivity index (χ2n) is 13.7. The first-order chi connectivity index (χ1) is 18.3. The van der Waals surface area contributed by atoms with Crippen LogP contribution in [0.4, 0.5) is 9.59 Å². The zero-order valence-electron chi connectivity index (χ0n) is 25.1. The van der Waals surface area contributed by atoms with Gasteiger partial charge in [0.25, 0.3) is 6.47 Å². The predicted molar refractivity (Wildman–Crippen MR) is 149 cm³/mol. The number of likely N-dealkylation sites (tertiary alicyclic amines) is 2. The van der Waals surface area contributed by atoms with Crippen LogP contribution in [-0.2, 0) is 19.0 Å². The van der Waals surface area contributed by atoms with Gasteiger partial charge in [0.05, 0.1) is 0 Å². The SMILES string of the molecule is CC(C)(C)OC(=O)NCC1CCN(CC2CCC2(CN2CCC(CNC(=O)OC(C)(C)C)CC2)OC=O)CC1. The molecule has 0 spiro atoms. The van der Waals surface area contributed by atoms with Gasteiger partial charge in [0.2, 0.25) is 0 Å². The summed E-state index contributed by atoms with van der Waals surface area (Å²) in [6, 6.07) is 0. The van der Waals surface area contributed by atoms with Crippen molar-refractivity contribution in [1.29, 1.82) is 0 Å². The topological polar surface area (TPSA) is 109 Å². The second kappa shape index (κ2) is 13.5. The summed E-state index contributed by atoms with van der Waals surface area (Å²) >= 11 is 0. The van der Waals surface area contributed by atoms with Gasteiger partial charge in [-0.3, -0.25) is 9.69 Å². The molecular formula is C29H52N4O6. The highest BCUT2D eigenvalue weighted by atomic mass is 16.6. The number of amides is 2. The van der Waals surface area contributed by atoms with Crippen LogP contribution in [-0.4, -0.2) is 97.6 Å². The quantitative estimate of drug-likeness (QED) is 0.311. The lowest BCUT2D eigenvalue weighted by Gasteiger charge is -2.52. The third kappa shape index (κ3) is 10.4. The molecule has 39 heavy (non-hydrogen) atoms. The van der Waals surface area contributed by atoms with Gasteiger partial charge >= 0.3 is 12.2 Å². The van der Waals surface area contributed by atoms with Crippen molar-refractivity contribution in [2.75, 3.05) is 52.4 Å². The van der Waals surface area contributed by atoms with Crippen molar-refractivity contribution in [3.63, 3.8) is 0 Å². The van der Waals surface area contributed by atoms with E-state index in [2.05, 4.69) is 20.4 Å². The highest BCUT2D eigenvalue weighted by molar-refractivity contribution is 5.68. The molecule has 3 aliphatic rings. The normalized spacial score (nSPS) is 25.8. The van der Waals surface area contributed by atoms with Crippen LogP contribution < -0.4 is 10.6 Å². The van der Waals surface area contributed by atoms with E-state index in [1.807, 2.05) is 41.5 Å². The zero-order valence-corrected chi connectivity index (χ0v) is 25.1. The molecule has 2 heterocycles. The van der Waals surface area contributed by atoms with Gasteiger partial charge in [-0.25, -0.2) is 9.59 Å². The molecule has 0 aromatic heterocycles. The molecule has 0 radical (unpaired) electrons. The number of ether oxygens (including phenoxy) is 3. The molecule has 224 valence electrons. The number of rotatable bonds is 10. The van der Waals surface area contributed by atoms with Crippen LogP contribution in [0.2, 0.25) is 0 Å². The standard InChI is InChI=1S/C29H52N4O6/c1-27(2,3)38-25(35)30-17-22-8-13-32(14-9-22)19-24-7-12-29(24,37-21-34)20-33-15-10-23(11-16-33)18-31-26(36)39-28(4,5)6/h21-24H,7-20H2,1-6H3,(H,30,35)(H,31,36). The number of nitrogens with one attached hydrogen (secondary N) is 2. The summed E-state index contributed by atoms with van der Waals surface area (Å²) in [6.45, 7) is 18.7. The highest BCUT2D eigenvalue weighted by Crippen LogP contribution is 2.43. The first-order valence-electron chi connectivity index (χ1n) is 14.8. The Labute approximate surface area is 234 Å². The predicted octanol–water partition coefficient (Wildman–Crippen LogP) is 3.78. The summed E-state index contributed by atoms with van der Waals surface area (Å²) in [7, 11) is 0. The number of alkyl carbamates (subject to hydrolysis) is 2. The molecule has 3 rings (SSSR count). The van der Waals surface area contributed by atoms with Crippen molar-refractivity contribution < 1.29 is 28.6 Å². The fourth-order valence-electron chi connectivity index (χ4n) is 5.92. The Morgan fingerprint density at radius 2 is 1.26 bits per heavy atom. The maximum atomic E-state index is 12.0. The van der Waals surface area contributed by atoms with Crippen molar-refractivity contribution in [2.24, 2.45) is 17.8 Å². The molecule has 0 bridgehead atoms. The fraction of sp³-hybridized carbons (Fsp3) is 0.897. The van der Waals surface area contributed by atoms with Crippen molar-refractivity contribution in [2.45, 2.75) is 96.9 Å². The van der Waals surface area contributed by atoms with Crippen LogP contribution >= 0.6 is 0 Å². The van der Waals surface area contributed by atoms with Crippen molar-refractivity contribution in [3.8, 4) is 0 Å². The van der Waals surface area contributed by atoms with Gasteiger partial charge in [-0.1, -0.05) is 0 Å². The van der Waals surface area contributed by atoms with E-state index in [-0.39, 0.29) is 12.2 Å². The van der Waals surface area contributed by atoms with Crippen molar-refractivity contribution in [1.82, 2.24) is 20.4 Å². The van der Waals surface area contributed by atoms with Gasteiger partial charge in [-0.15, -0.1) is 0 Å². The molecule has 10 nitrogen and oxygen atoms in total. The lowest BCUT2D eigenvalue weighted by atomic mass is 9.68. The number of hydrogen-bond donors (Lipinski definition) is 2. The number of carbonyl (C=O) groups excluding carboxylic acids is 3. The van der Waals surface area contributed by atoms with E-state index in [9.17, 15) is 14.4 Å². The third-order valence-electron chi connectivity index (χ3n) is 8.19. The van der Waals surface area contributed by atoms with Crippen LogP contribution in [0.25, 0.3) is 0 Å². The van der Waals surface area contributed by atoms with Crippen molar-refractivity contribution >= 4 is 18.7 Å². The molecule has 2 N–H and O–H groups in total. The molecule has 2 aliphatic heterocycles. The average Bonchev–Trinajstić information content (AvgIpc) is 2.83. The first-order valence-corrected chi connectivity index (χ1v) is 14.8. The molecule has 1 aliphatic carbocycles. The molecule has 2 saturated heterocycles. The van der Waals surface area contributed by atoms with Gasteiger partial charge in [0.15, 0.2) is 0 Å². The Balaban J connectivity index is 1.38. The summed E-state index contributed by atoms with van der Waals surface area (Å²) < 4.78 is 16.5. The Hall–Kier alpha value is -2.07. The van der Waals surface area contributed by atoms with Crippen LogP contribution in [0.5, 0.6) is 0 Å². The molecule has 2 unspecified atom stereocenters. The van der Waals surface area contributed by atoms with Gasteiger partial charge in [0.1, 0.15) is 16.8 Å². The number of hydrogen-bond acceptors (Lipinski definition) is 8. The summed E-state index contributed by atoms with van der Waals surface area (Å²) in [4.78, 5) is 40.4. The minimum Gasteiger partial charge on any atom is -0.460 e. The van der Waals surface area contributed by atoms with Crippen LogP contribution in [0.15, 0.2) is 0 Å². The minimum atomic E-state index is -0.492. The van der Waals surface area contributed by atoms with Gasteiger partial charge in [0, 0.05) is 32.1 Å². The Morgan fingerprint density at radius 1 is 0.795 bits per heavy atom. The third-order valence-corrected chi connectivity index (χ3v) is 8.19. The number of carbonyl (C=O) groups is 3. The van der Waals surface area contributed by atoms with Gasteiger partial charge in [-0.05, 0) is 118 Å². The van der Waals surface area contributed by atoms with E-state index in [0.29, 0.717) is 37.3 Å². The maximum Gasteiger partial charge on any atom is 0.407 e. The summed E-state index contributed by atoms with van der Waals surface area (Å²) in [5, 5.41) is 5.83. The van der Waals surface area contributed by atoms with Gasteiger partial charge in [-0.2, -0.15) is 0 Å². The Bertz CT molecular complexity index is 810. The van der Waals surface area contributed by atoms with E-state index in [1.54, 1.807) is 0 Å². The van der Waals surface area contributed by atoms with Crippen molar-refractivity contribution in [3.05, 3.63) is 0 Å². The second-order valence-corrected chi connectivity index (χ2v) is 13.7. The van der Waals surface area contributed by atoms with Crippen LogP contribution in [0.3, 0.4) is 0 Å². The molecule has 1 saturated carbocycles. The lowest BCUT2D eigenvalue weighted by molar-refractivity contribution is -0.175. The smallest absolute Gasteiger partial charge is 0.407 e. The summed E-state index contributed by atoms with van der Waals surface area (Å²) in [6.07, 6.45) is 5.36. The maximum absolute atomic E-state index is 12.0. The minimum absolute atomic E-state index is 0.339. The van der Waals surface area contributed by atoms with Gasteiger partial charge < -0.3 is 29.7 Å². The number of nitrogens with zero attached hydrogens (tertiary/aromatic N) is 2. The van der Waals surface area contributed by atoms with E-state index < -0.39 is 16.8 Å². The zero-order chi connectivity index (χ0) is 28.7. The Kier molecular flexibility index (Phi) is 10.9. The lowest BCUT2D eigenvalue weighted by Crippen LogP contribution is -2.60. The Morgan fingerprint density at radius 3 is 1.64 bits per heavy atom. The van der Waals surface area contributed by atoms with Crippen LogP contribution in [0.1, 0.15) is 80.1 Å². The fourth-order valence-corrected chi connectivity index (χ4v) is 5.92. The number of piperidine rings is 2. The molecule has 0 aromatic carbocycles. The summed E-state index contributed by atoms with van der Waals surface area (Å²) in [5.74, 6) is 1.22. The van der Waals surface area contributed by atoms with Crippen LogP contribution in [0, 0.1) is 17.8 Å². The van der Waals surface area contributed by atoms with E-state index in [0.717, 1.165) is 77.8 Å². The molecule has 0 aromatic rings. The van der Waals surface area contributed by atoms with E-state index in [1.165, 1.54) is 0 Å². The monoisotopic (exact) mass is 552 g/mol. The first kappa shape index (κ1) is 31.5. The molecule has 10 heteroatoms. The summed E-state index contributed by atoms with van der Waals surface area (Å²) in [5.41, 5.74) is -1.38. The molecule has 2 atom stereocenters. The van der Waals surface area contributed by atoms with E-state index >= 15 is 0 Å². The molecule has 3 fully saturated rings. The molecular weight excluding hydrogens is 500 g/mol.